The standard InChI is InChI=1S/C12H20N2O5S/c15-11(6-9-2-1-3-13-9)14-4-5-20(18,19)8-10(14)7-12(16)17/h9-10,13H,1-8H2,(H,16,17). The van der Waals surface area contributed by atoms with Gasteiger partial charge in [-0.2, -0.15) is 0 Å². The Labute approximate surface area is 118 Å². The van der Waals surface area contributed by atoms with Crippen LogP contribution in [0.25, 0.3) is 0 Å². The summed E-state index contributed by atoms with van der Waals surface area (Å²) in [5.41, 5.74) is 0. The summed E-state index contributed by atoms with van der Waals surface area (Å²) in [5.74, 6) is -1.55. The van der Waals surface area contributed by atoms with Crippen molar-refractivity contribution in [3.8, 4) is 0 Å². The first-order chi connectivity index (χ1) is 9.37. The van der Waals surface area contributed by atoms with E-state index in [0.29, 0.717) is 6.42 Å². The lowest BCUT2D eigenvalue weighted by Gasteiger charge is -2.35. The van der Waals surface area contributed by atoms with Gasteiger partial charge in [-0.25, -0.2) is 8.42 Å². The van der Waals surface area contributed by atoms with Crippen LogP contribution in [-0.4, -0.2) is 67.0 Å². The van der Waals surface area contributed by atoms with Crippen molar-refractivity contribution in [3.63, 3.8) is 0 Å². The van der Waals surface area contributed by atoms with Gasteiger partial charge in [-0.15, -0.1) is 0 Å². The molecule has 2 heterocycles. The Hall–Kier alpha value is -1.15. The fourth-order valence-corrected chi connectivity index (χ4v) is 4.37. The van der Waals surface area contributed by atoms with E-state index in [0.717, 1.165) is 19.4 Å². The quantitative estimate of drug-likeness (QED) is 0.707. The zero-order valence-electron chi connectivity index (χ0n) is 11.2. The molecule has 0 aromatic carbocycles. The number of carbonyl (C=O) groups excluding carboxylic acids is 1. The molecule has 2 rings (SSSR count). The molecular formula is C12H20N2O5S. The maximum Gasteiger partial charge on any atom is 0.305 e. The molecule has 1 amide bonds. The van der Waals surface area contributed by atoms with E-state index in [1.807, 2.05) is 0 Å². The first kappa shape index (κ1) is 15.2. The van der Waals surface area contributed by atoms with Crippen molar-refractivity contribution >= 4 is 21.7 Å². The SMILES string of the molecule is O=C(O)CC1CS(=O)(=O)CCN1C(=O)CC1CCCN1. The van der Waals surface area contributed by atoms with Crippen molar-refractivity contribution in [1.82, 2.24) is 10.2 Å². The summed E-state index contributed by atoms with van der Waals surface area (Å²) in [7, 11) is -3.24. The molecule has 0 radical (unpaired) electrons. The summed E-state index contributed by atoms with van der Waals surface area (Å²) in [6.07, 6.45) is 1.96. The van der Waals surface area contributed by atoms with E-state index in [1.54, 1.807) is 0 Å². The zero-order chi connectivity index (χ0) is 14.8. The number of rotatable bonds is 4. The van der Waals surface area contributed by atoms with Gasteiger partial charge in [0.1, 0.15) is 0 Å². The van der Waals surface area contributed by atoms with E-state index in [1.165, 1.54) is 4.90 Å². The Morgan fingerprint density at radius 1 is 1.30 bits per heavy atom. The van der Waals surface area contributed by atoms with Crippen LogP contribution >= 0.6 is 0 Å². The van der Waals surface area contributed by atoms with E-state index in [9.17, 15) is 18.0 Å². The number of amides is 1. The summed E-state index contributed by atoms with van der Waals surface area (Å²) in [4.78, 5) is 24.5. The van der Waals surface area contributed by atoms with Gasteiger partial charge in [0, 0.05) is 19.0 Å². The van der Waals surface area contributed by atoms with Crippen molar-refractivity contribution in [2.24, 2.45) is 0 Å². The van der Waals surface area contributed by atoms with Crippen LogP contribution < -0.4 is 5.32 Å². The van der Waals surface area contributed by atoms with Gasteiger partial charge in [0.2, 0.25) is 5.91 Å². The van der Waals surface area contributed by atoms with Gasteiger partial charge in [-0.3, -0.25) is 9.59 Å². The molecule has 2 atom stereocenters. The number of carbonyl (C=O) groups is 2. The van der Waals surface area contributed by atoms with Crippen LogP contribution in [-0.2, 0) is 19.4 Å². The fourth-order valence-electron chi connectivity index (χ4n) is 2.84. The van der Waals surface area contributed by atoms with Crippen molar-refractivity contribution in [3.05, 3.63) is 0 Å². The lowest BCUT2D eigenvalue weighted by atomic mass is 10.1. The molecule has 2 saturated heterocycles. The predicted molar refractivity (Wildman–Crippen MR) is 72.0 cm³/mol. The molecule has 0 aliphatic carbocycles. The molecule has 0 saturated carbocycles. The summed E-state index contributed by atoms with van der Waals surface area (Å²) >= 11 is 0. The van der Waals surface area contributed by atoms with Gasteiger partial charge in [0.25, 0.3) is 0 Å². The Kier molecular flexibility index (Phi) is 4.64. The highest BCUT2D eigenvalue weighted by atomic mass is 32.2. The van der Waals surface area contributed by atoms with Gasteiger partial charge in [-0.1, -0.05) is 0 Å². The van der Waals surface area contributed by atoms with Gasteiger partial charge >= 0.3 is 5.97 Å². The third kappa shape index (κ3) is 3.92. The lowest BCUT2D eigenvalue weighted by molar-refractivity contribution is -0.140. The molecule has 0 spiro atoms. The van der Waals surface area contributed by atoms with Gasteiger partial charge in [-0.05, 0) is 19.4 Å². The minimum atomic E-state index is -3.24. The van der Waals surface area contributed by atoms with Crippen LogP contribution in [0.4, 0.5) is 0 Å². The number of carboxylic acid groups (broad SMARTS) is 1. The van der Waals surface area contributed by atoms with Gasteiger partial charge in [0.15, 0.2) is 9.84 Å². The van der Waals surface area contributed by atoms with E-state index in [2.05, 4.69) is 5.32 Å². The van der Waals surface area contributed by atoms with Gasteiger partial charge in [0.05, 0.1) is 24.0 Å². The summed E-state index contributed by atoms with van der Waals surface area (Å²) in [6, 6.07) is -0.605. The minimum absolute atomic E-state index is 0.0764. The predicted octanol–water partition coefficient (Wildman–Crippen LogP) is -0.771. The van der Waals surface area contributed by atoms with Crippen molar-refractivity contribution in [2.75, 3.05) is 24.6 Å². The van der Waals surface area contributed by atoms with E-state index in [4.69, 9.17) is 5.11 Å². The lowest BCUT2D eigenvalue weighted by Crippen LogP contribution is -2.52. The zero-order valence-corrected chi connectivity index (χ0v) is 12.1. The van der Waals surface area contributed by atoms with Crippen molar-refractivity contribution in [1.29, 1.82) is 0 Å². The Bertz CT molecular complexity index is 484. The number of hydrogen-bond donors (Lipinski definition) is 2. The number of sulfone groups is 1. The van der Waals surface area contributed by atoms with Gasteiger partial charge < -0.3 is 15.3 Å². The average molecular weight is 304 g/mol. The van der Waals surface area contributed by atoms with Crippen LogP contribution in [0.1, 0.15) is 25.7 Å². The number of aliphatic carboxylic acids is 1. The monoisotopic (exact) mass is 304 g/mol. The molecule has 2 N–H and O–H groups in total. The fraction of sp³-hybridized carbons (Fsp3) is 0.833. The number of nitrogens with one attached hydrogen (secondary N) is 1. The largest absolute Gasteiger partial charge is 0.481 e. The molecule has 2 fully saturated rings. The first-order valence-electron chi connectivity index (χ1n) is 6.82. The smallest absolute Gasteiger partial charge is 0.305 e. The molecule has 0 aromatic rings. The molecule has 2 unspecified atom stereocenters. The van der Waals surface area contributed by atoms with Crippen LogP contribution in [0.2, 0.25) is 0 Å². The third-order valence-corrected chi connectivity index (χ3v) is 5.54. The normalized spacial score (nSPS) is 29.3. The highest BCUT2D eigenvalue weighted by molar-refractivity contribution is 7.91. The van der Waals surface area contributed by atoms with Crippen LogP contribution in [0.15, 0.2) is 0 Å². The van der Waals surface area contributed by atoms with Crippen molar-refractivity contribution in [2.45, 2.75) is 37.8 Å². The molecule has 7 nitrogen and oxygen atoms in total. The Morgan fingerprint density at radius 3 is 2.65 bits per heavy atom. The molecule has 114 valence electrons. The van der Waals surface area contributed by atoms with Crippen LogP contribution in [0.3, 0.4) is 0 Å². The topological polar surface area (TPSA) is 104 Å². The van der Waals surface area contributed by atoms with Crippen LogP contribution in [0.5, 0.6) is 0 Å². The van der Waals surface area contributed by atoms with E-state index in [-0.39, 0.29) is 36.4 Å². The third-order valence-electron chi connectivity index (χ3n) is 3.84. The van der Waals surface area contributed by atoms with Crippen LogP contribution in [0, 0.1) is 0 Å². The van der Waals surface area contributed by atoms with E-state index < -0.39 is 21.8 Å². The second kappa shape index (κ2) is 6.09. The first-order valence-corrected chi connectivity index (χ1v) is 8.64. The number of hydrogen-bond acceptors (Lipinski definition) is 5. The van der Waals surface area contributed by atoms with E-state index >= 15 is 0 Å². The maximum atomic E-state index is 12.3. The molecule has 20 heavy (non-hydrogen) atoms. The molecule has 8 heteroatoms. The molecule has 2 aliphatic heterocycles. The summed E-state index contributed by atoms with van der Waals surface area (Å²) in [6.45, 7) is 0.997. The number of carboxylic acids is 1. The molecule has 0 bridgehead atoms. The molecule has 0 aromatic heterocycles. The Balaban J connectivity index is 2.02. The Morgan fingerprint density at radius 2 is 2.05 bits per heavy atom. The maximum absolute atomic E-state index is 12.3. The molecule has 2 aliphatic rings. The second-order valence-corrected chi connectivity index (χ2v) is 7.68. The highest BCUT2D eigenvalue weighted by Crippen LogP contribution is 2.18. The number of nitrogens with zero attached hydrogens (tertiary/aromatic N) is 1. The van der Waals surface area contributed by atoms with Crippen molar-refractivity contribution < 1.29 is 23.1 Å². The second-order valence-electron chi connectivity index (χ2n) is 5.45. The summed E-state index contributed by atoms with van der Waals surface area (Å²) in [5, 5.41) is 12.1. The average Bonchev–Trinajstić information content (AvgIpc) is 2.79. The molecular weight excluding hydrogens is 284 g/mol. The summed E-state index contributed by atoms with van der Waals surface area (Å²) < 4.78 is 23.2. The highest BCUT2D eigenvalue weighted by Gasteiger charge is 2.36. The minimum Gasteiger partial charge on any atom is -0.481 e.